The van der Waals surface area contributed by atoms with Crippen molar-refractivity contribution >= 4 is 33.4 Å². The second-order valence-corrected chi connectivity index (χ2v) is 8.94. The minimum absolute atomic E-state index is 0.0953. The van der Waals surface area contributed by atoms with Gasteiger partial charge in [0.2, 0.25) is 5.89 Å². The molecule has 0 saturated heterocycles. The molecule has 0 aliphatic heterocycles. The van der Waals surface area contributed by atoms with E-state index in [0.29, 0.717) is 16.1 Å². The van der Waals surface area contributed by atoms with Crippen LogP contribution in [0, 0.1) is 0 Å². The summed E-state index contributed by atoms with van der Waals surface area (Å²) < 4.78 is 30.1. The number of aromatic nitrogens is 2. The normalized spacial score (nSPS) is 11.6. The van der Waals surface area contributed by atoms with Crippen LogP contribution < -0.4 is 5.32 Å². The van der Waals surface area contributed by atoms with Crippen molar-refractivity contribution in [2.75, 3.05) is 5.32 Å². The molecule has 0 fully saturated rings. The Labute approximate surface area is 161 Å². The van der Waals surface area contributed by atoms with Crippen LogP contribution in [0.3, 0.4) is 0 Å². The Hall–Kier alpha value is -2.71. The van der Waals surface area contributed by atoms with Crippen molar-refractivity contribution in [3.8, 4) is 11.5 Å². The van der Waals surface area contributed by atoms with Crippen LogP contribution in [-0.2, 0) is 9.84 Å². The highest BCUT2D eigenvalue weighted by Gasteiger charge is 2.20. The molecule has 1 heterocycles. The summed E-state index contributed by atoms with van der Waals surface area (Å²) in [6.45, 7) is 3.22. The third kappa shape index (κ3) is 4.17. The first-order valence-electron chi connectivity index (χ1n) is 8.02. The maximum absolute atomic E-state index is 12.3. The van der Waals surface area contributed by atoms with Crippen LogP contribution in [0.4, 0.5) is 6.01 Å². The molecule has 0 unspecified atom stereocenters. The molecule has 3 rings (SSSR count). The van der Waals surface area contributed by atoms with E-state index >= 15 is 0 Å². The second-order valence-electron chi connectivity index (χ2n) is 5.99. The zero-order chi connectivity index (χ0) is 19.6. The number of hydrogen-bond donors (Lipinski definition) is 1. The summed E-state index contributed by atoms with van der Waals surface area (Å²) in [7, 11) is -3.43. The van der Waals surface area contributed by atoms with Crippen LogP contribution in [0.2, 0.25) is 5.02 Å². The van der Waals surface area contributed by atoms with Crippen LogP contribution in [0.5, 0.6) is 0 Å². The van der Waals surface area contributed by atoms with E-state index in [-0.39, 0.29) is 16.8 Å². The lowest BCUT2D eigenvalue weighted by Crippen LogP contribution is -2.13. The van der Waals surface area contributed by atoms with Crippen LogP contribution in [0.15, 0.2) is 57.8 Å². The van der Waals surface area contributed by atoms with Gasteiger partial charge in [-0.1, -0.05) is 22.8 Å². The number of nitrogens with one attached hydrogen (secondary N) is 1. The van der Waals surface area contributed by atoms with Crippen molar-refractivity contribution < 1.29 is 17.6 Å². The van der Waals surface area contributed by atoms with Crippen molar-refractivity contribution in [1.82, 2.24) is 10.2 Å². The lowest BCUT2D eigenvalue weighted by Gasteiger charge is -2.08. The van der Waals surface area contributed by atoms with Gasteiger partial charge in [-0.05, 0) is 56.3 Å². The molecular weight excluding hydrogens is 390 g/mol. The zero-order valence-electron chi connectivity index (χ0n) is 14.5. The van der Waals surface area contributed by atoms with Crippen LogP contribution in [0.1, 0.15) is 24.2 Å². The Bertz CT molecular complexity index is 1080. The van der Waals surface area contributed by atoms with E-state index in [1.807, 2.05) is 0 Å². The molecule has 0 bridgehead atoms. The topological polar surface area (TPSA) is 102 Å². The molecule has 1 amide bonds. The monoisotopic (exact) mass is 405 g/mol. The van der Waals surface area contributed by atoms with Gasteiger partial charge >= 0.3 is 6.01 Å². The molecule has 1 aromatic heterocycles. The second kappa shape index (κ2) is 7.50. The average Bonchev–Trinajstić information content (AvgIpc) is 3.10. The maximum Gasteiger partial charge on any atom is 0.322 e. The average molecular weight is 406 g/mol. The van der Waals surface area contributed by atoms with Crippen LogP contribution in [0.25, 0.3) is 11.5 Å². The van der Waals surface area contributed by atoms with Gasteiger partial charge < -0.3 is 4.42 Å². The first kappa shape index (κ1) is 19.1. The van der Waals surface area contributed by atoms with Gasteiger partial charge in [0, 0.05) is 16.1 Å². The third-order valence-corrected chi connectivity index (χ3v) is 6.19. The van der Waals surface area contributed by atoms with E-state index < -0.39 is 21.0 Å². The molecule has 0 radical (unpaired) electrons. The first-order chi connectivity index (χ1) is 12.8. The van der Waals surface area contributed by atoms with Gasteiger partial charge in [0.25, 0.3) is 5.91 Å². The molecule has 2 aromatic carbocycles. The Morgan fingerprint density at radius 1 is 1.11 bits per heavy atom. The van der Waals surface area contributed by atoms with E-state index in [4.69, 9.17) is 16.0 Å². The van der Waals surface area contributed by atoms with Crippen molar-refractivity contribution in [2.45, 2.75) is 24.0 Å². The third-order valence-electron chi connectivity index (χ3n) is 3.78. The van der Waals surface area contributed by atoms with Gasteiger partial charge in [-0.15, -0.1) is 5.10 Å². The highest BCUT2D eigenvalue weighted by molar-refractivity contribution is 7.92. The van der Waals surface area contributed by atoms with Gasteiger partial charge in [-0.2, -0.15) is 0 Å². The molecular formula is C18H16ClN3O4S. The SMILES string of the molecule is CC(C)S(=O)(=O)c1cccc(-c2nnc(NC(=O)c3ccc(Cl)cc3)o2)c1. The number of hydrogen-bond acceptors (Lipinski definition) is 6. The van der Waals surface area contributed by atoms with E-state index in [1.54, 1.807) is 50.2 Å². The molecule has 7 nitrogen and oxygen atoms in total. The van der Waals surface area contributed by atoms with E-state index in [0.717, 1.165) is 0 Å². The quantitative estimate of drug-likeness (QED) is 0.692. The summed E-state index contributed by atoms with van der Waals surface area (Å²) in [5, 5.41) is 10.1. The molecule has 9 heteroatoms. The Balaban J connectivity index is 1.82. The summed E-state index contributed by atoms with van der Waals surface area (Å²) in [5.41, 5.74) is 0.820. The molecule has 0 aliphatic rings. The molecule has 1 N–H and O–H groups in total. The summed E-state index contributed by atoms with van der Waals surface area (Å²) in [5.74, 6) is -0.333. The summed E-state index contributed by atoms with van der Waals surface area (Å²) in [4.78, 5) is 12.3. The highest BCUT2D eigenvalue weighted by Crippen LogP contribution is 2.25. The van der Waals surface area contributed by atoms with Crippen molar-refractivity contribution in [3.05, 3.63) is 59.1 Å². The van der Waals surface area contributed by atoms with Crippen molar-refractivity contribution in [3.63, 3.8) is 0 Å². The summed E-state index contributed by atoms with van der Waals surface area (Å²) in [6.07, 6.45) is 0. The predicted octanol–water partition coefficient (Wildman–Crippen LogP) is 3.82. The zero-order valence-corrected chi connectivity index (χ0v) is 16.1. The number of halogens is 1. The lowest BCUT2D eigenvalue weighted by atomic mass is 10.2. The van der Waals surface area contributed by atoms with Gasteiger partial charge in [-0.3, -0.25) is 10.1 Å². The number of carbonyl (C=O) groups is 1. The van der Waals surface area contributed by atoms with Gasteiger partial charge in [0.1, 0.15) is 0 Å². The number of benzene rings is 2. The number of carbonyl (C=O) groups excluding carboxylic acids is 1. The fraction of sp³-hybridized carbons (Fsp3) is 0.167. The number of sulfone groups is 1. The van der Waals surface area contributed by atoms with Crippen molar-refractivity contribution in [1.29, 1.82) is 0 Å². The predicted molar refractivity (Wildman–Crippen MR) is 101 cm³/mol. The lowest BCUT2D eigenvalue weighted by molar-refractivity contribution is 0.102. The number of nitrogens with zero attached hydrogens (tertiary/aromatic N) is 2. The Kier molecular flexibility index (Phi) is 5.29. The fourth-order valence-corrected chi connectivity index (χ4v) is 3.47. The van der Waals surface area contributed by atoms with E-state index in [2.05, 4.69) is 15.5 Å². The van der Waals surface area contributed by atoms with Crippen LogP contribution >= 0.6 is 11.6 Å². The summed E-state index contributed by atoms with van der Waals surface area (Å²) >= 11 is 5.80. The first-order valence-corrected chi connectivity index (χ1v) is 9.94. The molecule has 3 aromatic rings. The number of anilines is 1. The molecule has 27 heavy (non-hydrogen) atoms. The summed E-state index contributed by atoms with van der Waals surface area (Å²) in [6, 6.07) is 12.4. The minimum Gasteiger partial charge on any atom is -0.403 e. The number of rotatable bonds is 5. The van der Waals surface area contributed by atoms with Gasteiger partial charge in [0.15, 0.2) is 9.84 Å². The Morgan fingerprint density at radius 2 is 1.81 bits per heavy atom. The molecule has 0 spiro atoms. The molecule has 0 aliphatic carbocycles. The molecule has 0 saturated carbocycles. The minimum atomic E-state index is -3.43. The van der Waals surface area contributed by atoms with Crippen LogP contribution in [-0.4, -0.2) is 29.8 Å². The number of amides is 1. The largest absolute Gasteiger partial charge is 0.403 e. The molecule has 0 atom stereocenters. The maximum atomic E-state index is 12.3. The van der Waals surface area contributed by atoms with Crippen molar-refractivity contribution in [2.24, 2.45) is 0 Å². The van der Waals surface area contributed by atoms with E-state index in [9.17, 15) is 13.2 Å². The molecule has 140 valence electrons. The van der Waals surface area contributed by atoms with Gasteiger partial charge in [0.05, 0.1) is 10.1 Å². The van der Waals surface area contributed by atoms with Gasteiger partial charge in [-0.25, -0.2) is 8.42 Å². The smallest absolute Gasteiger partial charge is 0.322 e. The highest BCUT2D eigenvalue weighted by atomic mass is 35.5. The fourth-order valence-electron chi connectivity index (χ4n) is 2.24. The standard InChI is InChI=1S/C18H16ClN3O4S/c1-11(2)27(24,25)15-5-3-4-13(10-15)17-21-22-18(26-17)20-16(23)12-6-8-14(19)9-7-12/h3-11H,1-2H3,(H,20,22,23). The Morgan fingerprint density at radius 3 is 2.48 bits per heavy atom. The van der Waals surface area contributed by atoms with E-state index in [1.165, 1.54) is 12.1 Å².